The number of hydrogen-bond donors (Lipinski definition) is 1. The zero-order valence-electron chi connectivity index (χ0n) is 17.6. The molecule has 1 saturated heterocycles. The minimum Gasteiger partial charge on any atom is -0.454 e. The van der Waals surface area contributed by atoms with E-state index in [2.05, 4.69) is 5.32 Å². The molecule has 9 nitrogen and oxygen atoms in total. The molecule has 2 aromatic carbocycles. The van der Waals surface area contributed by atoms with E-state index in [4.69, 9.17) is 4.74 Å². The Morgan fingerprint density at radius 1 is 1.00 bits per heavy atom. The summed E-state index contributed by atoms with van der Waals surface area (Å²) in [5.74, 6) is -2.91. The quantitative estimate of drug-likeness (QED) is 0.467. The maximum Gasteiger partial charge on any atom is 0.330 e. The maximum absolute atomic E-state index is 13.0. The highest BCUT2D eigenvalue weighted by atomic mass is 32.2. The van der Waals surface area contributed by atoms with Crippen molar-refractivity contribution in [3.8, 4) is 0 Å². The molecule has 2 atom stereocenters. The van der Waals surface area contributed by atoms with Crippen molar-refractivity contribution in [2.75, 3.05) is 18.1 Å². The van der Waals surface area contributed by atoms with Crippen molar-refractivity contribution in [2.45, 2.75) is 24.9 Å². The Balaban J connectivity index is 1.48. The number of nitrogens with zero attached hydrogens (tertiary/aromatic N) is 1. The Labute approximate surface area is 190 Å². The van der Waals surface area contributed by atoms with Gasteiger partial charge in [0, 0.05) is 12.5 Å². The number of nitrogens with one attached hydrogen (secondary N) is 1. The summed E-state index contributed by atoms with van der Waals surface area (Å²) in [6.45, 7) is -0.649. The topological polar surface area (TPSA) is 127 Å². The molecule has 172 valence electrons. The number of amides is 3. The largest absolute Gasteiger partial charge is 0.454 e. The lowest BCUT2D eigenvalue weighted by Gasteiger charge is -2.24. The van der Waals surface area contributed by atoms with Crippen molar-refractivity contribution in [3.63, 3.8) is 0 Å². The van der Waals surface area contributed by atoms with Crippen LogP contribution in [0.4, 0.5) is 0 Å². The third kappa shape index (κ3) is 4.95. The molecule has 2 aliphatic rings. The fourth-order valence-electron chi connectivity index (χ4n) is 4.02. The molecular weight excluding hydrogens is 448 g/mol. The van der Waals surface area contributed by atoms with Crippen LogP contribution in [0.5, 0.6) is 0 Å². The van der Waals surface area contributed by atoms with Crippen LogP contribution >= 0.6 is 0 Å². The number of carbonyl (C=O) groups is 4. The summed E-state index contributed by atoms with van der Waals surface area (Å²) in [7, 11) is -3.17. The predicted octanol–water partition coefficient (Wildman–Crippen LogP) is 0.740. The first kappa shape index (κ1) is 22.7. The van der Waals surface area contributed by atoms with E-state index in [1.165, 1.54) is 12.1 Å². The minimum atomic E-state index is -3.17. The van der Waals surface area contributed by atoms with Crippen LogP contribution in [0.2, 0.25) is 0 Å². The number of fused-ring (bicyclic) bond motifs is 1. The molecule has 0 radical (unpaired) electrons. The molecule has 3 amide bonds. The number of esters is 1. The van der Waals surface area contributed by atoms with Gasteiger partial charge in [-0.25, -0.2) is 13.2 Å². The van der Waals surface area contributed by atoms with Crippen LogP contribution in [-0.4, -0.2) is 67.2 Å². The van der Waals surface area contributed by atoms with Gasteiger partial charge in [0.15, 0.2) is 16.4 Å². The second-order valence-electron chi connectivity index (χ2n) is 8.01. The lowest BCUT2D eigenvalue weighted by molar-refractivity contribution is -0.152. The molecule has 0 aliphatic carbocycles. The summed E-state index contributed by atoms with van der Waals surface area (Å²) >= 11 is 0. The van der Waals surface area contributed by atoms with Crippen LogP contribution in [0.25, 0.3) is 0 Å². The number of benzene rings is 2. The highest BCUT2D eigenvalue weighted by molar-refractivity contribution is 7.91. The molecule has 0 aromatic heterocycles. The second-order valence-corrected chi connectivity index (χ2v) is 10.2. The Bertz CT molecular complexity index is 1180. The van der Waals surface area contributed by atoms with Crippen molar-refractivity contribution < 1.29 is 32.3 Å². The van der Waals surface area contributed by atoms with Crippen LogP contribution in [0.3, 0.4) is 0 Å². The molecule has 0 spiro atoms. The molecule has 4 rings (SSSR count). The monoisotopic (exact) mass is 470 g/mol. The van der Waals surface area contributed by atoms with E-state index < -0.39 is 52.2 Å². The van der Waals surface area contributed by atoms with E-state index in [-0.39, 0.29) is 29.1 Å². The predicted molar refractivity (Wildman–Crippen MR) is 117 cm³/mol. The van der Waals surface area contributed by atoms with Gasteiger partial charge in [-0.1, -0.05) is 42.5 Å². The molecule has 1 unspecified atom stereocenters. The third-order valence-electron chi connectivity index (χ3n) is 5.62. The van der Waals surface area contributed by atoms with Gasteiger partial charge in [0.05, 0.1) is 22.6 Å². The summed E-state index contributed by atoms with van der Waals surface area (Å²) < 4.78 is 28.3. The molecule has 1 fully saturated rings. The summed E-state index contributed by atoms with van der Waals surface area (Å²) in [5.41, 5.74) is 1.11. The van der Waals surface area contributed by atoms with Gasteiger partial charge >= 0.3 is 5.97 Å². The first-order chi connectivity index (χ1) is 15.7. The van der Waals surface area contributed by atoms with E-state index in [1.54, 1.807) is 42.5 Å². The second kappa shape index (κ2) is 9.14. The third-order valence-corrected chi connectivity index (χ3v) is 7.39. The molecule has 10 heteroatoms. The van der Waals surface area contributed by atoms with Crippen molar-refractivity contribution in [3.05, 3.63) is 71.3 Å². The maximum atomic E-state index is 13.0. The van der Waals surface area contributed by atoms with E-state index in [1.807, 2.05) is 0 Å². The molecule has 2 aliphatic heterocycles. The molecule has 1 N–H and O–H groups in total. The summed E-state index contributed by atoms with van der Waals surface area (Å²) in [4.78, 5) is 51.9. The smallest absolute Gasteiger partial charge is 0.330 e. The van der Waals surface area contributed by atoms with Gasteiger partial charge in [0.25, 0.3) is 17.7 Å². The van der Waals surface area contributed by atoms with Gasteiger partial charge in [-0.15, -0.1) is 0 Å². The molecule has 0 saturated carbocycles. The normalized spacial score (nSPS) is 19.8. The average Bonchev–Trinajstić information content (AvgIpc) is 3.27. The van der Waals surface area contributed by atoms with E-state index in [0.717, 1.165) is 4.90 Å². The van der Waals surface area contributed by atoms with E-state index >= 15 is 0 Å². The number of sulfone groups is 1. The minimum absolute atomic E-state index is 0.00335. The first-order valence-corrected chi connectivity index (χ1v) is 12.2. The lowest BCUT2D eigenvalue weighted by Crippen LogP contribution is -2.48. The standard InChI is InChI=1S/C23H22N2O7S/c26-20(24-16-10-11-33(30,31)14-16)13-32-23(29)19(12-15-6-2-1-3-7-15)25-21(27)17-8-4-5-9-18(17)22(25)28/h1-9,16,19H,10-14H2,(H,24,26)/t16?,19-/m0/s1. The number of imide groups is 1. The van der Waals surface area contributed by atoms with E-state index in [9.17, 15) is 27.6 Å². The Kier molecular flexibility index (Phi) is 6.28. The number of carbonyl (C=O) groups excluding carboxylic acids is 4. The zero-order chi connectivity index (χ0) is 23.6. The van der Waals surface area contributed by atoms with Gasteiger partial charge in [-0.2, -0.15) is 0 Å². The molecule has 2 heterocycles. The van der Waals surface area contributed by atoms with Crippen molar-refractivity contribution in [1.82, 2.24) is 10.2 Å². The van der Waals surface area contributed by atoms with Gasteiger partial charge in [-0.05, 0) is 24.1 Å². The van der Waals surface area contributed by atoms with Crippen LogP contribution in [0, 0.1) is 0 Å². The Hall–Kier alpha value is -3.53. The fraction of sp³-hybridized carbons (Fsp3) is 0.304. The number of rotatable bonds is 7. The van der Waals surface area contributed by atoms with Gasteiger partial charge < -0.3 is 10.1 Å². The Morgan fingerprint density at radius 3 is 2.18 bits per heavy atom. The highest BCUT2D eigenvalue weighted by Gasteiger charge is 2.43. The van der Waals surface area contributed by atoms with Crippen LogP contribution in [0.1, 0.15) is 32.7 Å². The Morgan fingerprint density at radius 2 is 1.61 bits per heavy atom. The molecule has 33 heavy (non-hydrogen) atoms. The van der Waals surface area contributed by atoms with Crippen LogP contribution in [0.15, 0.2) is 54.6 Å². The average molecular weight is 471 g/mol. The molecule has 2 aromatic rings. The SMILES string of the molecule is O=C(COC(=O)[C@H](Cc1ccccc1)N1C(=O)c2ccccc2C1=O)NC1CCS(=O)(=O)C1. The molecule has 0 bridgehead atoms. The van der Waals surface area contributed by atoms with Crippen LogP contribution in [-0.2, 0) is 30.6 Å². The van der Waals surface area contributed by atoms with Crippen molar-refractivity contribution >= 4 is 33.5 Å². The van der Waals surface area contributed by atoms with Crippen molar-refractivity contribution in [2.24, 2.45) is 0 Å². The summed E-state index contributed by atoms with van der Waals surface area (Å²) in [5, 5.41) is 2.54. The lowest BCUT2D eigenvalue weighted by atomic mass is 10.0. The zero-order valence-corrected chi connectivity index (χ0v) is 18.4. The van der Waals surface area contributed by atoms with Gasteiger partial charge in [-0.3, -0.25) is 19.3 Å². The van der Waals surface area contributed by atoms with E-state index in [0.29, 0.717) is 12.0 Å². The van der Waals surface area contributed by atoms with Crippen molar-refractivity contribution in [1.29, 1.82) is 0 Å². The molecular formula is C23H22N2O7S. The highest BCUT2D eigenvalue weighted by Crippen LogP contribution is 2.26. The summed E-state index contributed by atoms with van der Waals surface area (Å²) in [6, 6.07) is 13.3. The number of ether oxygens (including phenoxy) is 1. The van der Waals surface area contributed by atoms with Gasteiger partial charge in [0.1, 0.15) is 6.04 Å². The number of hydrogen-bond acceptors (Lipinski definition) is 7. The summed E-state index contributed by atoms with van der Waals surface area (Å²) in [6.07, 6.45) is 0.321. The fourth-order valence-corrected chi connectivity index (χ4v) is 5.69. The van der Waals surface area contributed by atoms with Crippen LogP contribution < -0.4 is 5.32 Å². The first-order valence-electron chi connectivity index (χ1n) is 10.4. The van der Waals surface area contributed by atoms with Gasteiger partial charge in [0.2, 0.25) is 0 Å².